The summed E-state index contributed by atoms with van der Waals surface area (Å²) >= 11 is 0. The number of fused-ring (bicyclic) bond motifs is 1. The van der Waals surface area contributed by atoms with Crippen molar-refractivity contribution >= 4 is 22.8 Å². The second-order valence-electron chi connectivity index (χ2n) is 9.22. The van der Waals surface area contributed by atoms with Crippen molar-refractivity contribution in [3.05, 3.63) is 65.5 Å². The van der Waals surface area contributed by atoms with E-state index in [2.05, 4.69) is 20.6 Å². The molecule has 9 heteroatoms. The van der Waals surface area contributed by atoms with Gasteiger partial charge in [0.1, 0.15) is 23.6 Å². The highest BCUT2D eigenvalue weighted by atomic mass is 16.5. The number of nitrogen functional groups attached to an aromatic ring is 1. The Hall–Kier alpha value is -3.98. The number of benzene rings is 2. The van der Waals surface area contributed by atoms with E-state index in [9.17, 15) is 4.79 Å². The molecule has 1 aliphatic rings. The van der Waals surface area contributed by atoms with Crippen LogP contribution in [0.2, 0.25) is 0 Å². The first-order chi connectivity index (χ1) is 17.5. The van der Waals surface area contributed by atoms with Gasteiger partial charge in [-0.2, -0.15) is 5.10 Å². The molecule has 1 unspecified atom stereocenters. The minimum atomic E-state index is -0.175. The highest BCUT2D eigenvalue weighted by Gasteiger charge is 2.20. The van der Waals surface area contributed by atoms with Crippen LogP contribution in [0.4, 0.5) is 5.82 Å². The van der Waals surface area contributed by atoms with Gasteiger partial charge < -0.3 is 21.1 Å². The third-order valence-corrected chi connectivity index (χ3v) is 6.64. The molecule has 1 atom stereocenters. The van der Waals surface area contributed by atoms with Gasteiger partial charge in [-0.25, -0.2) is 14.6 Å². The average molecular weight is 486 g/mol. The Balaban J connectivity index is 1.35. The first-order valence-corrected chi connectivity index (χ1v) is 12.3. The van der Waals surface area contributed by atoms with Crippen LogP contribution in [0.3, 0.4) is 0 Å². The molecule has 0 radical (unpaired) electrons. The number of ether oxygens (including phenoxy) is 1. The molecule has 0 spiro atoms. The maximum Gasteiger partial charge on any atom is 0.255 e. The number of aromatic nitrogens is 4. The van der Waals surface area contributed by atoms with Crippen molar-refractivity contribution in [2.75, 3.05) is 19.4 Å². The van der Waals surface area contributed by atoms with Crippen molar-refractivity contribution in [3.8, 4) is 17.0 Å². The summed E-state index contributed by atoms with van der Waals surface area (Å²) in [7, 11) is 1.56. The molecule has 0 saturated carbocycles. The molecule has 2 aromatic carbocycles. The number of carbonyl (C=O) groups is 1. The fourth-order valence-electron chi connectivity index (χ4n) is 4.71. The van der Waals surface area contributed by atoms with E-state index in [0.717, 1.165) is 52.9 Å². The molecule has 186 valence electrons. The molecule has 1 amide bonds. The fourth-order valence-corrected chi connectivity index (χ4v) is 4.71. The van der Waals surface area contributed by atoms with Crippen molar-refractivity contribution in [1.29, 1.82) is 0 Å². The Kier molecular flexibility index (Phi) is 6.81. The number of carbonyl (C=O) groups excluding carboxylic acids is 1. The van der Waals surface area contributed by atoms with E-state index in [0.29, 0.717) is 29.7 Å². The number of piperidine rings is 1. The van der Waals surface area contributed by atoms with Crippen molar-refractivity contribution in [3.63, 3.8) is 0 Å². The number of nitrogens with zero attached hydrogens (tertiary/aromatic N) is 4. The van der Waals surface area contributed by atoms with Gasteiger partial charge in [0, 0.05) is 18.2 Å². The Bertz CT molecular complexity index is 1380. The zero-order valence-corrected chi connectivity index (χ0v) is 20.6. The quantitative estimate of drug-likeness (QED) is 0.367. The smallest absolute Gasteiger partial charge is 0.255 e. The molecule has 0 bridgehead atoms. The van der Waals surface area contributed by atoms with Crippen LogP contribution in [0.15, 0.2) is 48.8 Å². The van der Waals surface area contributed by atoms with Gasteiger partial charge >= 0.3 is 0 Å². The summed E-state index contributed by atoms with van der Waals surface area (Å²) in [4.78, 5) is 21.5. The van der Waals surface area contributed by atoms with E-state index >= 15 is 0 Å². The molecule has 2 aromatic heterocycles. The summed E-state index contributed by atoms with van der Waals surface area (Å²) in [5, 5.41) is 12.2. The minimum absolute atomic E-state index is 0.175. The molecular weight excluding hydrogens is 454 g/mol. The minimum Gasteiger partial charge on any atom is -0.496 e. The third kappa shape index (κ3) is 4.87. The van der Waals surface area contributed by atoms with Gasteiger partial charge in [0.25, 0.3) is 5.91 Å². The largest absolute Gasteiger partial charge is 0.496 e. The topological polar surface area (TPSA) is 120 Å². The number of aryl methyl sites for hydroxylation is 1. The van der Waals surface area contributed by atoms with Crippen molar-refractivity contribution in [2.24, 2.45) is 0 Å². The maximum absolute atomic E-state index is 12.8. The summed E-state index contributed by atoms with van der Waals surface area (Å²) in [5.74, 6) is 0.797. The van der Waals surface area contributed by atoms with Crippen molar-refractivity contribution in [2.45, 2.75) is 45.3 Å². The third-order valence-electron chi connectivity index (χ3n) is 6.64. The molecule has 36 heavy (non-hydrogen) atoms. The van der Waals surface area contributed by atoms with Gasteiger partial charge in [-0.1, -0.05) is 42.3 Å². The van der Waals surface area contributed by atoms with Gasteiger partial charge in [-0.15, -0.1) is 0 Å². The highest BCUT2D eigenvalue weighted by Crippen LogP contribution is 2.30. The van der Waals surface area contributed by atoms with Gasteiger partial charge in [-0.05, 0) is 44.0 Å². The number of rotatable bonds is 7. The lowest BCUT2D eigenvalue weighted by Gasteiger charge is -2.23. The summed E-state index contributed by atoms with van der Waals surface area (Å²) < 4.78 is 7.28. The number of anilines is 1. The first kappa shape index (κ1) is 23.7. The Morgan fingerprint density at radius 2 is 2.03 bits per heavy atom. The zero-order valence-electron chi connectivity index (χ0n) is 20.6. The molecule has 4 aromatic rings. The summed E-state index contributed by atoms with van der Waals surface area (Å²) in [6.45, 7) is 4.11. The molecular formula is C27H31N7O2. The standard InChI is InChI=1S/C27H31N7O2/c1-17-6-11-22(36-2)21(13-17)27(35)30-14-18-7-9-19(10-8-18)24-23-25(28)31-16-32-26(23)34(33-24)15-20-5-3-4-12-29-20/h6-11,13,16,20,29H,3-5,12,14-15H2,1-2H3,(H,30,35)(H2,28,31,32). The summed E-state index contributed by atoms with van der Waals surface area (Å²) in [6.07, 6.45) is 5.03. The van der Waals surface area contributed by atoms with E-state index < -0.39 is 0 Å². The Morgan fingerprint density at radius 1 is 1.19 bits per heavy atom. The van der Waals surface area contributed by atoms with E-state index in [1.807, 2.05) is 54.1 Å². The van der Waals surface area contributed by atoms with Crippen molar-refractivity contribution in [1.82, 2.24) is 30.4 Å². The van der Waals surface area contributed by atoms with Crippen LogP contribution in [0.25, 0.3) is 22.3 Å². The van der Waals surface area contributed by atoms with Gasteiger partial charge in [-0.3, -0.25) is 4.79 Å². The van der Waals surface area contributed by atoms with Gasteiger partial charge in [0.05, 0.1) is 24.6 Å². The van der Waals surface area contributed by atoms with Gasteiger partial charge in [0.15, 0.2) is 5.65 Å². The van der Waals surface area contributed by atoms with Crippen LogP contribution in [0.1, 0.15) is 40.7 Å². The SMILES string of the molecule is COc1ccc(C)cc1C(=O)NCc1ccc(-c2nn(CC3CCCCN3)c3ncnc(N)c23)cc1. The second kappa shape index (κ2) is 10.3. The summed E-state index contributed by atoms with van der Waals surface area (Å²) in [6, 6.07) is 13.9. The molecule has 1 fully saturated rings. The number of hydrogen-bond acceptors (Lipinski definition) is 7. The van der Waals surface area contributed by atoms with E-state index in [-0.39, 0.29) is 5.91 Å². The van der Waals surface area contributed by atoms with E-state index in [1.54, 1.807) is 7.11 Å². The number of methoxy groups -OCH3 is 1. The predicted octanol–water partition coefficient (Wildman–Crippen LogP) is 3.46. The number of nitrogens with two attached hydrogens (primary N) is 1. The molecule has 5 rings (SSSR count). The van der Waals surface area contributed by atoms with Crippen LogP contribution < -0.4 is 21.1 Å². The van der Waals surface area contributed by atoms with E-state index in [1.165, 1.54) is 19.2 Å². The molecule has 1 aliphatic heterocycles. The number of nitrogens with one attached hydrogen (secondary N) is 2. The number of hydrogen-bond donors (Lipinski definition) is 3. The molecule has 9 nitrogen and oxygen atoms in total. The lowest BCUT2D eigenvalue weighted by atomic mass is 10.1. The first-order valence-electron chi connectivity index (χ1n) is 12.3. The molecule has 1 saturated heterocycles. The lowest BCUT2D eigenvalue weighted by molar-refractivity contribution is 0.0947. The van der Waals surface area contributed by atoms with Crippen LogP contribution in [-0.4, -0.2) is 45.4 Å². The highest BCUT2D eigenvalue weighted by molar-refractivity contribution is 5.98. The predicted molar refractivity (Wildman–Crippen MR) is 140 cm³/mol. The van der Waals surface area contributed by atoms with Crippen LogP contribution in [0.5, 0.6) is 5.75 Å². The Morgan fingerprint density at radius 3 is 2.78 bits per heavy atom. The number of amides is 1. The zero-order chi connectivity index (χ0) is 25.1. The van der Waals surface area contributed by atoms with Crippen LogP contribution in [0, 0.1) is 6.92 Å². The fraction of sp³-hybridized carbons (Fsp3) is 0.333. The normalized spacial score (nSPS) is 15.7. The molecule has 4 N–H and O–H groups in total. The van der Waals surface area contributed by atoms with Crippen LogP contribution in [-0.2, 0) is 13.1 Å². The summed E-state index contributed by atoms with van der Waals surface area (Å²) in [5.41, 5.74) is 11.2. The second-order valence-corrected chi connectivity index (χ2v) is 9.22. The molecule has 3 heterocycles. The van der Waals surface area contributed by atoms with E-state index in [4.69, 9.17) is 15.6 Å². The van der Waals surface area contributed by atoms with Crippen LogP contribution >= 0.6 is 0 Å². The van der Waals surface area contributed by atoms with Gasteiger partial charge in [0.2, 0.25) is 0 Å². The molecule has 0 aliphatic carbocycles. The Labute approximate surface area is 210 Å². The monoisotopic (exact) mass is 485 g/mol. The van der Waals surface area contributed by atoms with Crippen molar-refractivity contribution < 1.29 is 9.53 Å². The average Bonchev–Trinajstić information content (AvgIpc) is 3.27. The lowest BCUT2D eigenvalue weighted by Crippen LogP contribution is -2.37. The maximum atomic E-state index is 12.8.